The van der Waals surface area contributed by atoms with E-state index in [4.69, 9.17) is 5.73 Å². The maximum Gasteiger partial charge on any atom is 0.142 e. The largest absolute Gasteiger partial charge is 0.399 e. The van der Waals surface area contributed by atoms with Crippen molar-refractivity contribution in [2.24, 2.45) is 0 Å². The summed E-state index contributed by atoms with van der Waals surface area (Å²) in [7, 11) is 0. The number of aryl methyl sites for hydroxylation is 1. The number of nitrogen functional groups attached to an aromatic ring is 1. The van der Waals surface area contributed by atoms with Crippen molar-refractivity contribution >= 4 is 32.7 Å². The first kappa shape index (κ1) is 14.1. The molecule has 1 aromatic heterocycles. The predicted octanol–water partition coefficient (Wildman–Crippen LogP) is 4.60. The first-order chi connectivity index (χ1) is 10.1. The number of nitrogens with zero attached hydrogens (tertiary/aromatic N) is 2. The van der Waals surface area contributed by atoms with Crippen molar-refractivity contribution in [3.8, 4) is 11.4 Å². The summed E-state index contributed by atoms with van der Waals surface area (Å²) in [5.41, 5.74) is 9.07. The van der Waals surface area contributed by atoms with Crippen molar-refractivity contribution in [1.82, 2.24) is 9.55 Å². The van der Waals surface area contributed by atoms with Crippen LogP contribution in [0.5, 0.6) is 0 Å². The molecule has 0 fully saturated rings. The maximum absolute atomic E-state index is 13.4. The summed E-state index contributed by atoms with van der Waals surface area (Å²) in [6.45, 7) is 2.92. The van der Waals surface area contributed by atoms with Crippen LogP contribution < -0.4 is 5.73 Å². The van der Waals surface area contributed by atoms with Crippen LogP contribution >= 0.6 is 15.9 Å². The van der Waals surface area contributed by atoms with E-state index >= 15 is 0 Å². The van der Waals surface area contributed by atoms with Gasteiger partial charge in [0.2, 0.25) is 0 Å². The molecule has 1 heterocycles. The van der Waals surface area contributed by atoms with Gasteiger partial charge in [0, 0.05) is 28.3 Å². The lowest BCUT2D eigenvalue weighted by Crippen LogP contribution is -2.00. The van der Waals surface area contributed by atoms with Gasteiger partial charge in [-0.2, -0.15) is 0 Å². The average Bonchev–Trinajstić information content (AvgIpc) is 2.80. The van der Waals surface area contributed by atoms with E-state index in [0.29, 0.717) is 11.2 Å². The third-order valence-corrected chi connectivity index (χ3v) is 4.08. The second-order valence-corrected chi connectivity index (χ2v) is 5.81. The molecule has 3 aromatic rings. The highest BCUT2D eigenvalue weighted by Crippen LogP contribution is 2.32. The minimum atomic E-state index is -0.276. The Hall–Kier alpha value is -1.88. The number of aromatic nitrogens is 2. The summed E-state index contributed by atoms with van der Waals surface area (Å²) in [5, 5.41) is 0. The van der Waals surface area contributed by atoms with E-state index in [2.05, 4.69) is 32.4 Å². The number of fused-ring (bicyclic) bond motifs is 1. The molecule has 0 atom stereocenters. The first-order valence-corrected chi connectivity index (χ1v) is 7.60. The van der Waals surface area contributed by atoms with E-state index in [-0.39, 0.29) is 5.82 Å². The third kappa shape index (κ3) is 2.53. The van der Waals surface area contributed by atoms with Gasteiger partial charge in [-0.1, -0.05) is 22.9 Å². The molecule has 0 saturated carbocycles. The average molecular weight is 348 g/mol. The van der Waals surface area contributed by atoms with Crippen LogP contribution in [0.25, 0.3) is 22.4 Å². The van der Waals surface area contributed by atoms with Gasteiger partial charge in [-0.3, -0.25) is 0 Å². The van der Waals surface area contributed by atoms with Gasteiger partial charge < -0.3 is 10.3 Å². The standard InChI is InChI=1S/C16H15BrFN3/c1-2-7-21-15-6-3-10(18)8-14(15)20-16(21)12-9-11(19)4-5-13(12)17/h3-6,8-9H,2,7,19H2,1H3. The third-order valence-electron chi connectivity index (χ3n) is 3.39. The monoisotopic (exact) mass is 347 g/mol. The molecule has 2 N–H and O–H groups in total. The van der Waals surface area contributed by atoms with Crippen molar-refractivity contribution in [2.75, 3.05) is 5.73 Å². The van der Waals surface area contributed by atoms with Gasteiger partial charge in [0.1, 0.15) is 11.6 Å². The van der Waals surface area contributed by atoms with Crippen LogP contribution in [0.15, 0.2) is 40.9 Å². The lowest BCUT2D eigenvalue weighted by molar-refractivity contribution is 0.629. The minimum Gasteiger partial charge on any atom is -0.399 e. The summed E-state index contributed by atoms with van der Waals surface area (Å²) in [6.07, 6.45) is 0.968. The molecule has 2 aromatic carbocycles. The molecule has 0 aliphatic heterocycles. The zero-order chi connectivity index (χ0) is 15.0. The SMILES string of the molecule is CCCn1c(-c2cc(N)ccc2Br)nc2cc(F)ccc21. The van der Waals surface area contributed by atoms with Crippen LogP contribution in [0.1, 0.15) is 13.3 Å². The summed E-state index contributed by atoms with van der Waals surface area (Å²) >= 11 is 3.54. The van der Waals surface area contributed by atoms with Crippen LogP contribution in [0.4, 0.5) is 10.1 Å². The molecule has 0 saturated heterocycles. The Morgan fingerprint density at radius 1 is 1.24 bits per heavy atom. The highest BCUT2D eigenvalue weighted by Gasteiger charge is 2.15. The zero-order valence-electron chi connectivity index (χ0n) is 11.6. The van der Waals surface area contributed by atoms with Gasteiger partial charge in [-0.25, -0.2) is 9.37 Å². The predicted molar refractivity (Wildman–Crippen MR) is 87.5 cm³/mol. The Morgan fingerprint density at radius 3 is 2.81 bits per heavy atom. The lowest BCUT2D eigenvalue weighted by Gasteiger charge is -2.10. The highest BCUT2D eigenvalue weighted by molar-refractivity contribution is 9.10. The number of hydrogen-bond acceptors (Lipinski definition) is 2. The van der Waals surface area contributed by atoms with E-state index in [1.807, 2.05) is 18.2 Å². The molecular formula is C16H15BrFN3. The Bertz CT molecular complexity index is 811. The zero-order valence-corrected chi connectivity index (χ0v) is 13.2. The molecular weight excluding hydrogens is 333 g/mol. The van der Waals surface area contributed by atoms with E-state index in [1.165, 1.54) is 12.1 Å². The Morgan fingerprint density at radius 2 is 2.05 bits per heavy atom. The second-order valence-electron chi connectivity index (χ2n) is 4.96. The number of benzene rings is 2. The van der Waals surface area contributed by atoms with Gasteiger partial charge in [0.05, 0.1) is 11.0 Å². The van der Waals surface area contributed by atoms with Crippen molar-refractivity contribution in [2.45, 2.75) is 19.9 Å². The van der Waals surface area contributed by atoms with Crippen LogP contribution in [-0.4, -0.2) is 9.55 Å². The Kier molecular flexibility index (Phi) is 3.68. The Labute approximate surface area is 130 Å². The van der Waals surface area contributed by atoms with E-state index in [0.717, 1.165) is 34.3 Å². The van der Waals surface area contributed by atoms with Gasteiger partial charge in [-0.05, 0) is 36.8 Å². The maximum atomic E-state index is 13.4. The van der Waals surface area contributed by atoms with E-state index in [9.17, 15) is 4.39 Å². The van der Waals surface area contributed by atoms with Gasteiger partial charge in [-0.15, -0.1) is 0 Å². The molecule has 108 valence electrons. The molecule has 0 aliphatic rings. The molecule has 0 aliphatic carbocycles. The van der Waals surface area contributed by atoms with Crippen LogP contribution in [-0.2, 0) is 6.54 Å². The van der Waals surface area contributed by atoms with Gasteiger partial charge >= 0.3 is 0 Å². The first-order valence-electron chi connectivity index (χ1n) is 6.81. The summed E-state index contributed by atoms with van der Waals surface area (Å²) in [4.78, 5) is 4.60. The highest BCUT2D eigenvalue weighted by atomic mass is 79.9. The molecule has 21 heavy (non-hydrogen) atoms. The number of halogens is 2. The fourth-order valence-electron chi connectivity index (χ4n) is 2.47. The summed E-state index contributed by atoms with van der Waals surface area (Å²) < 4.78 is 16.5. The molecule has 0 amide bonds. The fraction of sp³-hybridized carbons (Fsp3) is 0.188. The van der Waals surface area contributed by atoms with Crippen LogP contribution in [0.2, 0.25) is 0 Å². The van der Waals surface area contributed by atoms with Crippen molar-refractivity contribution < 1.29 is 4.39 Å². The van der Waals surface area contributed by atoms with Crippen LogP contribution in [0.3, 0.4) is 0 Å². The molecule has 5 heteroatoms. The van der Waals surface area contributed by atoms with Crippen molar-refractivity contribution in [3.05, 3.63) is 46.7 Å². The smallest absolute Gasteiger partial charge is 0.142 e. The van der Waals surface area contributed by atoms with Gasteiger partial charge in [0.15, 0.2) is 0 Å². The van der Waals surface area contributed by atoms with Crippen molar-refractivity contribution in [3.63, 3.8) is 0 Å². The van der Waals surface area contributed by atoms with Crippen molar-refractivity contribution in [1.29, 1.82) is 0 Å². The normalized spacial score (nSPS) is 11.2. The quantitative estimate of drug-likeness (QED) is 0.703. The molecule has 3 nitrogen and oxygen atoms in total. The van der Waals surface area contributed by atoms with Crippen LogP contribution in [0, 0.1) is 5.82 Å². The molecule has 0 bridgehead atoms. The summed E-state index contributed by atoms with van der Waals surface area (Å²) in [6, 6.07) is 10.3. The topological polar surface area (TPSA) is 43.8 Å². The Balaban J connectivity index is 2.30. The summed E-state index contributed by atoms with van der Waals surface area (Å²) in [5.74, 6) is 0.526. The van der Waals surface area contributed by atoms with Gasteiger partial charge in [0.25, 0.3) is 0 Å². The fourth-order valence-corrected chi connectivity index (χ4v) is 2.90. The molecule has 3 rings (SSSR count). The molecule has 0 unspecified atom stereocenters. The number of hydrogen-bond donors (Lipinski definition) is 1. The van der Waals surface area contributed by atoms with E-state index in [1.54, 1.807) is 6.07 Å². The molecule has 0 spiro atoms. The lowest BCUT2D eigenvalue weighted by atomic mass is 10.2. The van der Waals surface area contributed by atoms with E-state index < -0.39 is 0 Å². The second kappa shape index (κ2) is 5.48. The molecule has 0 radical (unpaired) electrons. The number of nitrogens with two attached hydrogens (primary N) is 1. The minimum absolute atomic E-state index is 0.276. The number of imidazole rings is 1. The number of anilines is 1. The number of rotatable bonds is 3.